The zero-order valence-electron chi connectivity index (χ0n) is 13.7. The Morgan fingerprint density at radius 3 is 2.55 bits per heavy atom. The number of nitrogens with zero attached hydrogens (tertiary/aromatic N) is 2. The summed E-state index contributed by atoms with van der Waals surface area (Å²) in [7, 11) is 0. The van der Waals surface area contributed by atoms with Crippen molar-refractivity contribution in [2.45, 2.75) is 58.9 Å². The van der Waals surface area contributed by atoms with Crippen LogP contribution >= 0.6 is 0 Å². The minimum atomic E-state index is -1.14. The van der Waals surface area contributed by atoms with Crippen molar-refractivity contribution in [2.75, 3.05) is 5.32 Å². The average molecular weight is 307 g/mol. The largest absolute Gasteiger partial charge is 0.479 e. The first-order chi connectivity index (χ1) is 10.2. The number of aromatic nitrogens is 2. The van der Waals surface area contributed by atoms with Crippen LogP contribution < -0.4 is 5.32 Å². The third kappa shape index (κ3) is 3.00. The molecule has 0 radical (unpaired) electrons. The van der Waals surface area contributed by atoms with Gasteiger partial charge in [-0.2, -0.15) is 5.10 Å². The summed E-state index contributed by atoms with van der Waals surface area (Å²) < 4.78 is 1.36. The second-order valence-electron chi connectivity index (χ2n) is 7.22. The van der Waals surface area contributed by atoms with Crippen LogP contribution in [0.1, 0.15) is 53.4 Å². The fraction of sp³-hybridized carbons (Fsp3) is 0.688. The molecule has 1 aromatic rings. The molecule has 0 bridgehead atoms. The van der Waals surface area contributed by atoms with Crippen molar-refractivity contribution in [1.82, 2.24) is 9.78 Å². The van der Waals surface area contributed by atoms with Crippen LogP contribution in [0.3, 0.4) is 0 Å². The summed E-state index contributed by atoms with van der Waals surface area (Å²) in [4.78, 5) is 23.8. The summed E-state index contributed by atoms with van der Waals surface area (Å²) in [6, 6.07) is 0. The Balaban J connectivity index is 2.10. The molecule has 1 saturated carbocycles. The number of aliphatic carboxylic acids is 1. The van der Waals surface area contributed by atoms with Gasteiger partial charge in [-0.3, -0.25) is 9.48 Å². The summed E-state index contributed by atoms with van der Waals surface area (Å²) in [5.74, 6) is -0.469. The highest BCUT2D eigenvalue weighted by Crippen LogP contribution is 2.46. The Morgan fingerprint density at radius 2 is 2.09 bits per heavy atom. The van der Waals surface area contributed by atoms with Gasteiger partial charge in [0.05, 0.1) is 11.9 Å². The fourth-order valence-electron chi connectivity index (χ4n) is 2.96. The highest BCUT2D eigenvalue weighted by molar-refractivity contribution is 5.95. The van der Waals surface area contributed by atoms with Crippen molar-refractivity contribution in [2.24, 2.45) is 11.3 Å². The molecule has 1 aromatic heterocycles. The number of amides is 1. The van der Waals surface area contributed by atoms with Crippen LogP contribution in [-0.4, -0.2) is 26.8 Å². The predicted octanol–water partition coefficient (Wildman–Crippen LogP) is 2.86. The smallest absolute Gasteiger partial charge is 0.331 e. The van der Waals surface area contributed by atoms with E-state index in [1.165, 1.54) is 10.9 Å². The van der Waals surface area contributed by atoms with Crippen LogP contribution in [0.2, 0.25) is 0 Å². The minimum Gasteiger partial charge on any atom is -0.479 e. The number of carbonyl (C=O) groups is 2. The fourth-order valence-corrected chi connectivity index (χ4v) is 2.96. The molecule has 1 aliphatic rings. The predicted molar refractivity (Wildman–Crippen MR) is 83.6 cm³/mol. The molecule has 1 heterocycles. The van der Waals surface area contributed by atoms with E-state index >= 15 is 0 Å². The maximum Gasteiger partial charge on any atom is 0.331 e. The number of carboxylic acid groups (broad SMARTS) is 1. The monoisotopic (exact) mass is 307 g/mol. The van der Waals surface area contributed by atoms with E-state index in [0.29, 0.717) is 11.6 Å². The molecule has 0 aromatic carbocycles. The van der Waals surface area contributed by atoms with Crippen LogP contribution in [0.25, 0.3) is 0 Å². The molecule has 2 N–H and O–H groups in total. The Hall–Kier alpha value is -1.85. The van der Waals surface area contributed by atoms with Gasteiger partial charge in [0, 0.05) is 11.6 Å². The molecular weight excluding hydrogens is 282 g/mol. The van der Waals surface area contributed by atoms with E-state index < -0.39 is 11.5 Å². The summed E-state index contributed by atoms with van der Waals surface area (Å²) in [5.41, 5.74) is -0.859. The Labute approximate surface area is 130 Å². The van der Waals surface area contributed by atoms with Crippen molar-refractivity contribution in [1.29, 1.82) is 0 Å². The molecule has 0 saturated heterocycles. The summed E-state index contributed by atoms with van der Waals surface area (Å²) in [5, 5.41) is 16.2. The topological polar surface area (TPSA) is 84.2 Å². The van der Waals surface area contributed by atoms with E-state index in [-0.39, 0.29) is 11.3 Å². The van der Waals surface area contributed by atoms with Crippen molar-refractivity contribution in [3.63, 3.8) is 0 Å². The van der Waals surface area contributed by atoms with E-state index in [0.717, 1.165) is 25.7 Å². The zero-order valence-corrected chi connectivity index (χ0v) is 13.7. The van der Waals surface area contributed by atoms with E-state index in [1.807, 2.05) is 0 Å². The SMILES string of the molecule is CC(C)CC1(C(=O)Nc2cnn(C(C)(C)C(=O)O)c2)CCC1. The van der Waals surface area contributed by atoms with Gasteiger partial charge in [-0.1, -0.05) is 20.3 Å². The molecular formula is C16H25N3O3. The van der Waals surface area contributed by atoms with Gasteiger partial charge in [0.1, 0.15) is 0 Å². The standard InChI is InChI=1S/C16H25N3O3/c1-11(2)8-16(6-5-7-16)13(20)18-12-9-17-19(10-12)15(3,4)14(21)22/h9-11H,5-8H2,1-4H3,(H,18,20)(H,21,22). The maximum atomic E-state index is 12.6. The third-order valence-electron chi connectivity index (χ3n) is 4.53. The van der Waals surface area contributed by atoms with E-state index in [4.69, 9.17) is 0 Å². The molecule has 0 aliphatic heterocycles. The first-order valence-electron chi connectivity index (χ1n) is 7.77. The minimum absolute atomic E-state index is 0.0279. The number of rotatable bonds is 6. The highest BCUT2D eigenvalue weighted by atomic mass is 16.4. The summed E-state index contributed by atoms with van der Waals surface area (Å²) in [6.07, 6.45) is 6.90. The van der Waals surface area contributed by atoms with Crippen molar-refractivity contribution >= 4 is 17.6 Å². The van der Waals surface area contributed by atoms with Crippen molar-refractivity contribution < 1.29 is 14.7 Å². The van der Waals surface area contributed by atoms with Crippen LogP contribution in [0.4, 0.5) is 5.69 Å². The number of hydrogen-bond donors (Lipinski definition) is 2. The van der Waals surface area contributed by atoms with Crippen LogP contribution in [-0.2, 0) is 15.1 Å². The summed E-state index contributed by atoms with van der Waals surface area (Å²) in [6.45, 7) is 7.39. The molecule has 0 atom stereocenters. The third-order valence-corrected chi connectivity index (χ3v) is 4.53. The quantitative estimate of drug-likeness (QED) is 0.846. The second kappa shape index (κ2) is 5.74. The van der Waals surface area contributed by atoms with Gasteiger partial charge in [-0.15, -0.1) is 0 Å². The van der Waals surface area contributed by atoms with Crippen molar-refractivity contribution in [3.8, 4) is 0 Å². The molecule has 1 amide bonds. The summed E-state index contributed by atoms with van der Waals surface area (Å²) >= 11 is 0. The first-order valence-corrected chi connectivity index (χ1v) is 7.77. The number of carboxylic acids is 1. The van der Waals surface area contributed by atoms with Gasteiger partial charge >= 0.3 is 5.97 Å². The van der Waals surface area contributed by atoms with Crippen LogP contribution in [0.15, 0.2) is 12.4 Å². The molecule has 6 heteroatoms. The van der Waals surface area contributed by atoms with E-state index in [1.54, 1.807) is 20.0 Å². The lowest BCUT2D eigenvalue weighted by molar-refractivity contribution is -0.146. The van der Waals surface area contributed by atoms with Gasteiger partial charge in [0.2, 0.25) is 5.91 Å². The Bertz CT molecular complexity index is 571. The lowest BCUT2D eigenvalue weighted by Crippen LogP contribution is -2.43. The number of hydrogen-bond acceptors (Lipinski definition) is 3. The molecule has 1 fully saturated rings. The number of nitrogens with one attached hydrogen (secondary N) is 1. The van der Waals surface area contributed by atoms with Crippen LogP contribution in [0, 0.1) is 11.3 Å². The van der Waals surface area contributed by atoms with Gasteiger partial charge in [0.25, 0.3) is 0 Å². The van der Waals surface area contributed by atoms with E-state index in [9.17, 15) is 14.7 Å². The second-order valence-corrected chi connectivity index (χ2v) is 7.22. The zero-order chi connectivity index (χ0) is 16.5. The highest BCUT2D eigenvalue weighted by Gasteiger charge is 2.44. The average Bonchev–Trinajstić information content (AvgIpc) is 2.82. The Morgan fingerprint density at radius 1 is 1.45 bits per heavy atom. The molecule has 6 nitrogen and oxygen atoms in total. The van der Waals surface area contributed by atoms with Gasteiger partial charge in [0.15, 0.2) is 5.54 Å². The Kier molecular flexibility index (Phi) is 4.31. The molecule has 0 spiro atoms. The van der Waals surface area contributed by atoms with Crippen LogP contribution in [0.5, 0.6) is 0 Å². The molecule has 2 rings (SSSR count). The van der Waals surface area contributed by atoms with Crippen molar-refractivity contribution in [3.05, 3.63) is 12.4 Å². The van der Waals surface area contributed by atoms with Gasteiger partial charge in [-0.05, 0) is 39.0 Å². The van der Waals surface area contributed by atoms with Gasteiger partial charge in [-0.25, -0.2) is 4.79 Å². The number of anilines is 1. The molecule has 1 aliphatic carbocycles. The number of carbonyl (C=O) groups excluding carboxylic acids is 1. The lowest BCUT2D eigenvalue weighted by Gasteiger charge is -2.41. The lowest BCUT2D eigenvalue weighted by atomic mass is 9.64. The van der Waals surface area contributed by atoms with E-state index in [2.05, 4.69) is 24.3 Å². The molecule has 122 valence electrons. The first kappa shape index (κ1) is 16.5. The molecule has 0 unspecified atom stereocenters. The molecule has 22 heavy (non-hydrogen) atoms. The maximum absolute atomic E-state index is 12.6. The normalized spacial score (nSPS) is 17.1. The van der Waals surface area contributed by atoms with Gasteiger partial charge < -0.3 is 10.4 Å².